The van der Waals surface area contributed by atoms with Gasteiger partial charge in [0.05, 0.1) is 50.7 Å². The summed E-state index contributed by atoms with van der Waals surface area (Å²) in [6, 6.07) is 6.55. The maximum atomic E-state index is 12.0. The Morgan fingerprint density at radius 3 is 1.35 bits per heavy atom. The summed E-state index contributed by atoms with van der Waals surface area (Å²) in [6.07, 6.45) is 2.96. The van der Waals surface area contributed by atoms with Crippen LogP contribution in [0.2, 0.25) is 0 Å². The van der Waals surface area contributed by atoms with E-state index in [1.165, 1.54) is 56.0 Å². The number of aryl methyl sites for hydroxylation is 3. The third kappa shape index (κ3) is 24.3. The van der Waals surface area contributed by atoms with Crippen molar-refractivity contribution >= 4 is 48.4 Å². The topological polar surface area (TPSA) is 261 Å². The Hall–Kier alpha value is -7.32. The van der Waals surface area contributed by atoms with Gasteiger partial charge in [-0.25, -0.2) is 38.4 Å². The SMILES string of the molecule is CC(C)(C)OC(=O)OC(=O)OC(C)(C)C.COC(=O)c1cc(C)[nH]c1C.COC(=O)c1cc(C)n(C(=O)OC(C)(C)C)c1C.COC(=O)c1cc[nH]c1.COC(=O)c1ccn(C(=O)OC(C)(C)C)c1. The van der Waals surface area contributed by atoms with Crippen molar-refractivity contribution < 1.29 is 81.0 Å². The quantitative estimate of drug-likeness (QED) is 0.109. The van der Waals surface area contributed by atoms with Gasteiger partial charge in [-0.1, -0.05) is 0 Å². The van der Waals surface area contributed by atoms with E-state index in [0.29, 0.717) is 33.6 Å². The van der Waals surface area contributed by atoms with E-state index in [-0.39, 0.29) is 11.9 Å². The van der Waals surface area contributed by atoms with Crippen LogP contribution in [0.3, 0.4) is 0 Å². The van der Waals surface area contributed by atoms with Crippen molar-refractivity contribution in [2.45, 2.75) is 133 Å². The van der Waals surface area contributed by atoms with Gasteiger partial charge in [-0.05, 0) is 135 Å². The van der Waals surface area contributed by atoms with Gasteiger partial charge in [-0.3, -0.25) is 9.13 Å². The van der Waals surface area contributed by atoms with Crippen LogP contribution in [0.4, 0.5) is 19.2 Å². The number of carbonyl (C=O) groups is 8. The highest BCUT2D eigenvalue weighted by Gasteiger charge is 2.26. The standard InChI is InChI=1S/C13H19NO4.C11H15NO4.C10H18O5.C8H11NO2.C6H7NO2/c1-8-7-10(11(15)17-6)9(2)14(8)12(16)18-13(3,4)5;1-11(2,3)16-10(14)12-6-5-8(7-12)9(13)15-4;1-9(2,3)14-7(11)13-8(12)15-10(4,5)6;1-5-4-7(6(2)9-5)8(10)11-3;1-9-6(8)5-2-3-7-4-5/h7H,1-6H3;5-7H,1-4H3;1-6H3;4,9H,1-3H3;2-4,7H,1H3. The molecule has 4 aromatic heterocycles. The molecule has 4 heterocycles. The van der Waals surface area contributed by atoms with Crippen LogP contribution in [0.15, 0.2) is 49.1 Å². The van der Waals surface area contributed by atoms with E-state index in [1.54, 1.807) is 128 Å². The van der Waals surface area contributed by atoms with Gasteiger partial charge in [0.2, 0.25) is 0 Å². The monoisotopic (exact) mass is 974 g/mol. The molecule has 21 nitrogen and oxygen atoms in total. The van der Waals surface area contributed by atoms with Crippen LogP contribution in [0, 0.1) is 27.7 Å². The van der Waals surface area contributed by atoms with Gasteiger partial charge in [-0.2, -0.15) is 0 Å². The second kappa shape index (κ2) is 26.9. The Labute approximate surface area is 403 Å². The highest BCUT2D eigenvalue weighted by atomic mass is 16.8. The van der Waals surface area contributed by atoms with E-state index in [1.807, 2.05) is 13.8 Å². The smallest absolute Gasteiger partial charge is 0.465 e. The molecule has 0 spiro atoms. The van der Waals surface area contributed by atoms with E-state index in [4.69, 9.17) is 18.9 Å². The summed E-state index contributed by atoms with van der Waals surface area (Å²) in [5.74, 6) is -1.54. The third-order valence-corrected chi connectivity index (χ3v) is 7.65. The van der Waals surface area contributed by atoms with Crippen LogP contribution in [-0.2, 0) is 42.6 Å². The molecule has 0 radical (unpaired) electrons. The van der Waals surface area contributed by atoms with Crippen LogP contribution in [0.5, 0.6) is 0 Å². The minimum Gasteiger partial charge on any atom is -0.465 e. The molecule has 2 N–H and O–H groups in total. The zero-order chi connectivity index (χ0) is 53.8. The number of nitrogens with zero attached hydrogens (tertiary/aromatic N) is 2. The second-order valence-electron chi connectivity index (χ2n) is 18.5. The molecule has 0 aliphatic carbocycles. The molecule has 0 unspecified atom stereocenters. The Kier molecular flexibility index (Phi) is 24.0. The van der Waals surface area contributed by atoms with Gasteiger partial charge in [-0.15, -0.1) is 0 Å². The summed E-state index contributed by atoms with van der Waals surface area (Å²) < 4.78 is 45.0. The van der Waals surface area contributed by atoms with E-state index >= 15 is 0 Å². The molecular weight excluding hydrogens is 905 g/mol. The Bertz CT molecular complexity index is 2310. The molecule has 0 aliphatic rings. The number of aromatic nitrogens is 4. The number of rotatable bonds is 4. The summed E-state index contributed by atoms with van der Waals surface area (Å²) in [5.41, 5.74) is 2.32. The summed E-state index contributed by atoms with van der Waals surface area (Å²) in [5, 5.41) is 0. The fraction of sp³-hybridized carbons (Fsp3) is 0.500. The van der Waals surface area contributed by atoms with Crippen LogP contribution in [0.1, 0.15) is 147 Å². The zero-order valence-corrected chi connectivity index (χ0v) is 43.5. The first kappa shape index (κ1) is 61.7. The lowest BCUT2D eigenvalue weighted by molar-refractivity contribution is -0.0295. The maximum absolute atomic E-state index is 12.0. The van der Waals surface area contributed by atoms with Crippen LogP contribution in [0.25, 0.3) is 0 Å². The first-order valence-corrected chi connectivity index (χ1v) is 21.1. The van der Waals surface area contributed by atoms with Gasteiger partial charge in [0.15, 0.2) is 0 Å². The molecule has 69 heavy (non-hydrogen) atoms. The predicted octanol–water partition coefficient (Wildman–Crippen LogP) is 9.83. The molecule has 0 saturated carbocycles. The highest BCUT2D eigenvalue weighted by molar-refractivity contribution is 5.93. The lowest BCUT2D eigenvalue weighted by Gasteiger charge is -2.20. The summed E-state index contributed by atoms with van der Waals surface area (Å²) >= 11 is 0. The second-order valence-corrected chi connectivity index (χ2v) is 18.5. The minimum absolute atomic E-state index is 0.285. The molecule has 0 atom stereocenters. The summed E-state index contributed by atoms with van der Waals surface area (Å²) in [6.45, 7) is 27.9. The van der Waals surface area contributed by atoms with Crippen molar-refractivity contribution in [3.8, 4) is 0 Å². The summed E-state index contributed by atoms with van der Waals surface area (Å²) in [7, 11) is 5.33. The van der Waals surface area contributed by atoms with E-state index in [9.17, 15) is 38.4 Å². The van der Waals surface area contributed by atoms with Gasteiger partial charge in [0.25, 0.3) is 0 Å². The molecule has 0 amide bonds. The van der Waals surface area contributed by atoms with Crippen LogP contribution >= 0.6 is 0 Å². The van der Waals surface area contributed by atoms with E-state index in [2.05, 4.69) is 33.7 Å². The van der Waals surface area contributed by atoms with Crippen molar-refractivity contribution in [1.29, 1.82) is 0 Å². The molecule has 0 saturated heterocycles. The maximum Gasteiger partial charge on any atom is 0.519 e. The van der Waals surface area contributed by atoms with Crippen molar-refractivity contribution in [2.24, 2.45) is 0 Å². The zero-order valence-electron chi connectivity index (χ0n) is 43.5. The first-order valence-electron chi connectivity index (χ1n) is 21.1. The number of methoxy groups -OCH3 is 4. The molecule has 0 fully saturated rings. The van der Waals surface area contributed by atoms with Gasteiger partial charge >= 0.3 is 48.4 Å². The van der Waals surface area contributed by atoms with Gasteiger partial charge < -0.3 is 52.6 Å². The number of nitrogens with one attached hydrogen (secondary N) is 2. The molecule has 4 aromatic rings. The number of esters is 4. The number of hydrogen-bond acceptors (Lipinski definition) is 17. The van der Waals surface area contributed by atoms with Gasteiger partial charge in [0.1, 0.15) is 22.4 Å². The molecule has 0 bridgehead atoms. The lowest BCUT2D eigenvalue weighted by atomic mass is 10.2. The average Bonchev–Trinajstić information content (AvgIpc) is 4.02. The van der Waals surface area contributed by atoms with Crippen molar-refractivity contribution in [2.75, 3.05) is 28.4 Å². The molecule has 4 rings (SSSR count). The average molecular weight is 975 g/mol. The van der Waals surface area contributed by atoms with Crippen LogP contribution < -0.4 is 0 Å². The molecule has 0 aromatic carbocycles. The lowest BCUT2D eigenvalue weighted by Crippen LogP contribution is -2.29. The minimum atomic E-state index is -1.06. The van der Waals surface area contributed by atoms with E-state index < -0.39 is 58.8 Å². The Morgan fingerprint density at radius 1 is 0.522 bits per heavy atom. The fourth-order valence-corrected chi connectivity index (χ4v) is 4.96. The first-order chi connectivity index (χ1) is 31.5. The molecule has 0 aliphatic heterocycles. The third-order valence-electron chi connectivity index (χ3n) is 7.65. The number of ether oxygens (including phenoxy) is 9. The predicted molar refractivity (Wildman–Crippen MR) is 252 cm³/mol. The molecule has 384 valence electrons. The van der Waals surface area contributed by atoms with Crippen LogP contribution in [-0.4, -0.2) is 118 Å². The number of aromatic amines is 2. The molecular formula is C48H70N4O17. The van der Waals surface area contributed by atoms with Gasteiger partial charge in [0, 0.05) is 47.6 Å². The van der Waals surface area contributed by atoms with Crippen molar-refractivity contribution in [1.82, 2.24) is 19.1 Å². The number of hydrogen-bond donors (Lipinski definition) is 2. The normalized spacial score (nSPS) is 10.8. The summed E-state index contributed by atoms with van der Waals surface area (Å²) in [4.78, 5) is 95.7. The van der Waals surface area contributed by atoms with E-state index in [0.717, 1.165) is 11.4 Å². The number of H-pyrrole nitrogens is 2. The van der Waals surface area contributed by atoms with Crippen molar-refractivity contribution in [3.05, 3.63) is 94.1 Å². The molecule has 21 heteroatoms. The van der Waals surface area contributed by atoms with Crippen molar-refractivity contribution in [3.63, 3.8) is 0 Å². The highest BCUT2D eigenvalue weighted by Crippen LogP contribution is 2.19. The largest absolute Gasteiger partial charge is 0.519 e. The fourth-order valence-electron chi connectivity index (χ4n) is 4.96. The Morgan fingerprint density at radius 2 is 0.957 bits per heavy atom. The number of carbonyl (C=O) groups excluding carboxylic acids is 8. The Balaban J connectivity index is 0.000000853.